The van der Waals surface area contributed by atoms with Crippen molar-refractivity contribution in [2.45, 2.75) is 9.92 Å². The van der Waals surface area contributed by atoms with Gasteiger partial charge < -0.3 is 0 Å². The van der Waals surface area contributed by atoms with Crippen molar-refractivity contribution in [3.63, 3.8) is 0 Å². The Bertz CT molecular complexity index is 419. The fourth-order valence-electron chi connectivity index (χ4n) is 0.982. The van der Waals surface area contributed by atoms with Crippen LogP contribution in [0.1, 0.15) is 0 Å². The van der Waals surface area contributed by atoms with Crippen molar-refractivity contribution >= 4 is 11.8 Å². The number of hydrogen-bond acceptors (Lipinski definition) is 3. The topological polar surface area (TPSA) is 25.8 Å². The van der Waals surface area contributed by atoms with Gasteiger partial charge >= 0.3 is 0 Å². The van der Waals surface area contributed by atoms with Gasteiger partial charge in [-0.2, -0.15) is 4.39 Å². The molecule has 0 aliphatic carbocycles. The summed E-state index contributed by atoms with van der Waals surface area (Å²) in [5, 5.41) is 0.615. The zero-order valence-electron chi connectivity index (χ0n) is 7.22. The maximum absolute atomic E-state index is 12.7. The first-order valence-corrected chi connectivity index (χ1v) is 4.87. The monoisotopic (exact) mass is 206 g/mol. The molecule has 0 aliphatic heterocycles. The predicted molar refractivity (Wildman–Crippen MR) is 52.6 cm³/mol. The highest BCUT2D eigenvalue weighted by molar-refractivity contribution is 7.99. The molecule has 4 heteroatoms. The molecule has 1 heterocycles. The van der Waals surface area contributed by atoms with E-state index in [0.717, 1.165) is 4.90 Å². The Kier molecular flexibility index (Phi) is 2.74. The Morgan fingerprint density at radius 3 is 2.57 bits per heavy atom. The Morgan fingerprint density at radius 2 is 1.86 bits per heavy atom. The Balaban J connectivity index is 2.19. The molecule has 0 spiro atoms. The van der Waals surface area contributed by atoms with Gasteiger partial charge in [-0.3, -0.25) is 0 Å². The lowest BCUT2D eigenvalue weighted by molar-refractivity contribution is 0.572. The van der Waals surface area contributed by atoms with Gasteiger partial charge in [0, 0.05) is 11.0 Å². The summed E-state index contributed by atoms with van der Waals surface area (Å²) in [5.41, 5.74) is 0. The van der Waals surface area contributed by atoms with Gasteiger partial charge in [0.05, 0.1) is 0 Å². The maximum Gasteiger partial charge on any atom is 0.217 e. The Labute approximate surface area is 85.2 Å². The van der Waals surface area contributed by atoms with Crippen LogP contribution in [-0.2, 0) is 0 Å². The molecule has 0 N–H and O–H groups in total. The van der Waals surface area contributed by atoms with Gasteiger partial charge in [-0.1, -0.05) is 30.0 Å². The van der Waals surface area contributed by atoms with E-state index >= 15 is 0 Å². The summed E-state index contributed by atoms with van der Waals surface area (Å²) < 4.78 is 12.7. The molecular formula is C10H7FN2S. The normalized spacial score (nSPS) is 10.1. The second kappa shape index (κ2) is 4.19. The van der Waals surface area contributed by atoms with Gasteiger partial charge in [0.1, 0.15) is 11.4 Å². The van der Waals surface area contributed by atoms with Gasteiger partial charge in [0.15, 0.2) is 0 Å². The van der Waals surface area contributed by atoms with Crippen molar-refractivity contribution in [2.24, 2.45) is 0 Å². The molecule has 2 nitrogen and oxygen atoms in total. The highest BCUT2D eigenvalue weighted by atomic mass is 32.2. The van der Waals surface area contributed by atoms with Crippen molar-refractivity contribution in [1.29, 1.82) is 0 Å². The maximum atomic E-state index is 12.7. The van der Waals surface area contributed by atoms with Crippen LogP contribution in [0.2, 0.25) is 0 Å². The molecule has 0 radical (unpaired) electrons. The van der Waals surface area contributed by atoms with E-state index in [1.54, 1.807) is 0 Å². The Morgan fingerprint density at radius 1 is 1.07 bits per heavy atom. The lowest BCUT2D eigenvalue weighted by Crippen LogP contribution is -1.85. The molecular weight excluding hydrogens is 199 g/mol. The van der Waals surface area contributed by atoms with Crippen LogP contribution in [0.25, 0.3) is 0 Å². The Hall–Kier alpha value is -1.42. The number of benzene rings is 1. The van der Waals surface area contributed by atoms with E-state index in [9.17, 15) is 4.39 Å². The molecule has 0 amide bonds. The molecule has 0 fully saturated rings. The smallest absolute Gasteiger partial charge is 0.217 e. The second-order valence-electron chi connectivity index (χ2n) is 2.59. The molecule has 1 aromatic carbocycles. The summed E-state index contributed by atoms with van der Waals surface area (Å²) in [6.45, 7) is 0. The average molecular weight is 206 g/mol. The molecule has 2 rings (SSSR count). The first kappa shape index (κ1) is 9.15. The van der Waals surface area contributed by atoms with Crippen LogP contribution >= 0.6 is 11.8 Å². The minimum Gasteiger partial charge on any atom is -0.229 e. The summed E-state index contributed by atoms with van der Waals surface area (Å²) in [6, 6.07) is 11.0. The summed E-state index contributed by atoms with van der Waals surface area (Å²) >= 11 is 1.41. The van der Waals surface area contributed by atoms with Crippen LogP contribution in [0.3, 0.4) is 0 Å². The molecule has 0 saturated carbocycles. The highest BCUT2D eigenvalue weighted by Gasteiger charge is 1.99. The fourth-order valence-corrected chi connectivity index (χ4v) is 1.77. The van der Waals surface area contributed by atoms with E-state index in [4.69, 9.17) is 0 Å². The zero-order valence-corrected chi connectivity index (χ0v) is 8.04. The third kappa shape index (κ3) is 2.29. The van der Waals surface area contributed by atoms with Crippen molar-refractivity contribution in [3.05, 3.63) is 48.7 Å². The van der Waals surface area contributed by atoms with E-state index in [-0.39, 0.29) is 0 Å². The first-order chi connectivity index (χ1) is 6.84. The summed E-state index contributed by atoms with van der Waals surface area (Å²) in [7, 11) is 0. The predicted octanol–water partition coefficient (Wildman–Crippen LogP) is 2.77. The molecule has 1 aromatic heterocycles. The third-order valence-electron chi connectivity index (χ3n) is 1.57. The van der Waals surface area contributed by atoms with Crippen molar-refractivity contribution in [1.82, 2.24) is 9.97 Å². The quantitative estimate of drug-likeness (QED) is 0.706. The first-order valence-electron chi connectivity index (χ1n) is 4.05. The molecule has 0 atom stereocenters. The highest BCUT2D eigenvalue weighted by Crippen LogP contribution is 2.24. The summed E-state index contributed by atoms with van der Waals surface area (Å²) in [5.74, 6) is -0.501. The van der Waals surface area contributed by atoms with Crippen molar-refractivity contribution in [2.75, 3.05) is 0 Å². The minimum atomic E-state index is -0.501. The number of aromatic nitrogens is 2. The molecule has 0 aliphatic rings. The largest absolute Gasteiger partial charge is 0.229 e. The standard InChI is InChI=1S/C10H7FN2S/c11-9-6-10(13-7-12-9)14-8-4-2-1-3-5-8/h1-7H. The number of hydrogen-bond donors (Lipinski definition) is 0. The zero-order chi connectivity index (χ0) is 9.80. The molecule has 0 saturated heterocycles. The van der Waals surface area contributed by atoms with E-state index in [2.05, 4.69) is 9.97 Å². The molecule has 70 valence electrons. The number of nitrogens with zero attached hydrogens (tertiary/aromatic N) is 2. The van der Waals surface area contributed by atoms with E-state index in [1.165, 1.54) is 24.2 Å². The summed E-state index contributed by atoms with van der Waals surface area (Å²) in [4.78, 5) is 8.37. The third-order valence-corrected chi connectivity index (χ3v) is 2.51. The van der Waals surface area contributed by atoms with Crippen LogP contribution in [0.4, 0.5) is 4.39 Å². The fraction of sp³-hybridized carbons (Fsp3) is 0. The van der Waals surface area contributed by atoms with E-state index in [1.807, 2.05) is 30.3 Å². The van der Waals surface area contributed by atoms with Crippen LogP contribution in [0.15, 0.2) is 52.6 Å². The summed E-state index contributed by atoms with van der Waals surface area (Å²) in [6.07, 6.45) is 1.22. The van der Waals surface area contributed by atoms with Crippen LogP contribution in [0, 0.1) is 5.95 Å². The minimum absolute atomic E-state index is 0.501. The lowest BCUT2D eigenvalue weighted by atomic mass is 10.4. The van der Waals surface area contributed by atoms with E-state index < -0.39 is 5.95 Å². The number of rotatable bonds is 2. The molecule has 0 bridgehead atoms. The van der Waals surface area contributed by atoms with Gasteiger partial charge in [0.2, 0.25) is 5.95 Å². The lowest BCUT2D eigenvalue weighted by Gasteiger charge is -1.98. The van der Waals surface area contributed by atoms with Gasteiger partial charge in [-0.15, -0.1) is 0 Å². The van der Waals surface area contributed by atoms with Crippen molar-refractivity contribution < 1.29 is 4.39 Å². The van der Waals surface area contributed by atoms with Crippen LogP contribution in [0.5, 0.6) is 0 Å². The second-order valence-corrected chi connectivity index (χ2v) is 3.69. The average Bonchev–Trinajstić information content (AvgIpc) is 2.19. The SMILES string of the molecule is Fc1cc(Sc2ccccc2)ncn1. The molecule has 2 aromatic rings. The van der Waals surface area contributed by atoms with Crippen molar-refractivity contribution in [3.8, 4) is 0 Å². The van der Waals surface area contributed by atoms with Gasteiger partial charge in [-0.05, 0) is 12.1 Å². The van der Waals surface area contributed by atoms with Crippen LogP contribution < -0.4 is 0 Å². The number of halogens is 1. The van der Waals surface area contributed by atoms with Gasteiger partial charge in [-0.25, -0.2) is 9.97 Å². The van der Waals surface area contributed by atoms with E-state index in [0.29, 0.717) is 5.03 Å². The molecule has 14 heavy (non-hydrogen) atoms. The van der Waals surface area contributed by atoms with Gasteiger partial charge in [0.25, 0.3) is 0 Å². The van der Waals surface area contributed by atoms with Crippen LogP contribution in [-0.4, -0.2) is 9.97 Å². The molecule has 0 unspecified atom stereocenters.